The van der Waals surface area contributed by atoms with E-state index in [0.29, 0.717) is 11.6 Å². The highest BCUT2D eigenvalue weighted by Crippen LogP contribution is 2.25. The summed E-state index contributed by atoms with van der Waals surface area (Å²) in [6.07, 6.45) is 3.61. The number of anilines is 2. The molecule has 2 aromatic carbocycles. The Hall–Kier alpha value is -2.54. The summed E-state index contributed by atoms with van der Waals surface area (Å²) in [6, 6.07) is 15.9. The number of hydrogen-bond acceptors (Lipinski definition) is 4. The number of para-hydroxylation sites is 1. The lowest BCUT2D eigenvalue weighted by Gasteiger charge is -2.33. The Kier molecular flexibility index (Phi) is 7.26. The molecule has 1 N–H and O–H groups in total. The lowest BCUT2D eigenvalue weighted by Crippen LogP contribution is -2.48. The molecule has 7 heteroatoms. The van der Waals surface area contributed by atoms with Crippen LogP contribution < -0.4 is 14.5 Å². The maximum absolute atomic E-state index is 12.9. The molecular formula is C24H33N3O3S. The summed E-state index contributed by atoms with van der Waals surface area (Å²) in [5, 5.41) is 2.97. The maximum atomic E-state index is 12.9. The van der Waals surface area contributed by atoms with Gasteiger partial charge >= 0.3 is 0 Å². The van der Waals surface area contributed by atoms with Gasteiger partial charge in [0.15, 0.2) is 0 Å². The summed E-state index contributed by atoms with van der Waals surface area (Å²) < 4.78 is 25.9. The SMILES string of the molecule is C[C@@H]1CCCN(c2ccc([C@@H](C)NC(=O)[C@H](C)N(c3ccccc3)S(C)(=O)=O)cc2)C1. The van der Waals surface area contributed by atoms with E-state index in [1.807, 2.05) is 25.1 Å². The molecule has 1 aliphatic heterocycles. The molecule has 3 atom stereocenters. The van der Waals surface area contributed by atoms with Gasteiger partial charge in [0.25, 0.3) is 0 Å². The Morgan fingerprint density at radius 3 is 2.32 bits per heavy atom. The summed E-state index contributed by atoms with van der Waals surface area (Å²) in [6.45, 7) is 7.96. The van der Waals surface area contributed by atoms with Crippen molar-refractivity contribution in [2.75, 3.05) is 28.6 Å². The van der Waals surface area contributed by atoms with Gasteiger partial charge in [0, 0.05) is 18.8 Å². The molecule has 1 saturated heterocycles. The molecule has 0 aromatic heterocycles. The molecule has 1 amide bonds. The highest BCUT2D eigenvalue weighted by atomic mass is 32.2. The average molecular weight is 444 g/mol. The van der Waals surface area contributed by atoms with Gasteiger partial charge in [-0.15, -0.1) is 0 Å². The summed E-state index contributed by atoms with van der Waals surface area (Å²) in [4.78, 5) is 15.3. The Morgan fingerprint density at radius 1 is 1.10 bits per heavy atom. The lowest BCUT2D eigenvalue weighted by atomic mass is 9.99. The van der Waals surface area contributed by atoms with Crippen LogP contribution >= 0.6 is 0 Å². The molecule has 168 valence electrons. The van der Waals surface area contributed by atoms with Gasteiger partial charge in [-0.05, 0) is 62.4 Å². The Bertz CT molecular complexity index is 977. The van der Waals surface area contributed by atoms with Crippen LogP contribution in [0.2, 0.25) is 0 Å². The van der Waals surface area contributed by atoms with Crippen LogP contribution in [0.1, 0.15) is 45.2 Å². The topological polar surface area (TPSA) is 69.7 Å². The van der Waals surface area contributed by atoms with Crippen molar-refractivity contribution in [3.8, 4) is 0 Å². The summed E-state index contributed by atoms with van der Waals surface area (Å²) >= 11 is 0. The van der Waals surface area contributed by atoms with Gasteiger partial charge in [-0.2, -0.15) is 0 Å². The van der Waals surface area contributed by atoms with E-state index >= 15 is 0 Å². The van der Waals surface area contributed by atoms with Crippen molar-refractivity contribution in [3.05, 3.63) is 60.2 Å². The minimum atomic E-state index is -3.62. The van der Waals surface area contributed by atoms with Gasteiger partial charge < -0.3 is 10.2 Å². The van der Waals surface area contributed by atoms with Crippen LogP contribution in [0.15, 0.2) is 54.6 Å². The van der Waals surface area contributed by atoms with Crippen LogP contribution in [0.3, 0.4) is 0 Å². The molecular weight excluding hydrogens is 410 g/mol. The normalized spacial score (nSPS) is 18.8. The van der Waals surface area contributed by atoms with Crippen LogP contribution in [0.5, 0.6) is 0 Å². The number of hydrogen-bond donors (Lipinski definition) is 1. The van der Waals surface area contributed by atoms with Crippen molar-refractivity contribution < 1.29 is 13.2 Å². The number of piperidine rings is 1. The Balaban J connectivity index is 1.69. The average Bonchev–Trinajstić information content (AvgIpc) is 2.73. The smallest absolute Gasteiger partial charge is 0.244 e. The predicted molar refractivity (Wildman–Crippen MR) is 127 cm³/mol. The van der Waals surface area contributed by atoms with Crippen molar-refractivity contribution in [1.82, 2.24) is 5.32 Å². The molecule has 0 saturated carbocycles. The first-order valence-corrected chi connectivity index (χ1v) is 12.7. The monoisotopic (exact) mass is 443 g/mol. The Morgan fingerprint density at radius 2 is 1.74 bits per heavy atom. The second kappa shape index (κ2) is 9.73. The van der Waals surface area contributed by atoms with Crippen LogP contribution in [-0.2, 0) is 14.8 Å². The van der Waals surface area contributed by atoms with Crippen LogP contribution in [0.4, 0.5) is 11.4 Å². The maximum Gasteiger partial charge on any atom is 0.244 e. The molecule has 31 heavy (non-hydrogen) atoms. The quantitative estimate of drug-likeness (QED) is 0.703. The molecule has 3 rings (SSSR count). The third kappa shape index (κ3) is 5.79. The van der Waals surface area contributed by atoms with E-state index < -0.39 is 16.1 Å². The fourth-order valence-corrected chi connectivity index (χ4v) is 5.37. The number of carbonyl (C=O) groups is 1. The van der Waals surface area contributed by atoms with Gasteiger partial charge in [-0.25, -0.2) is 8.42 Å². The van der Waals surface area contributed by atoms with Crippen molar-refractivity contribution in [1.29, 1.82) is 0 Å². The first-order valence-electron chi connectivity index (χ1n) is 10.9. The largest absolute Gasteiger partial charge is 0.371 e. The number of sulfonamides is 1. The second-order valence-electron chi connectivity index (χ2n) is 8.59. The van der Waals surface area contributed by atoms with Gasteiger partial charge in [0.1, 0.15) is 6.04 Å². The second-order valence-corrected chi connectivity index (χ2v) is 10.4. The molecule has 2 aromatic rings. The van der Waals surface area contributed by atoms with Crippen molar-refractivity contribution >= 4 is 27.3 Å². The van der Waals surface area contributed by atoms with E-state index in [1.165, 1.54) is 18.5 Å². The number of nitrogens with one attached hydrogen (secondary N) is 1. The lowest BCUT2D eigenvalue weighted by molar-refractivity contribution is -0.122. The molecule has 6 nitrogen and oxygen atoms in total. The van der Waals surface area contributed by atoms with E-state index in [2.05, 4.69) is 29.3 Å². The molecule has 0 radical (unpaired) electrons. The van der Waals surface area contributed by atoms with Crippen LogP contribution in [0, 0.1) is 5.92 Å². The fraction of sp³-hybridized carbons (Fsp3) is 0.458. The van der Waals surface area contributed by atoms with Crippen molar-refractivity contribution in [2.24, 2.45) is 5.92 Å². The summed E-state index contributed by atoms with van der Waals surface area (Å²) in [5.74, 6) is 0.367. The molecule has 0 bridgehead atoms. The number of nitrogens with zero attached hydrogens (tertiary/aromatic N) is 2. The third-order valence-electron chi connectivity index (χ3n) is 5.87. The van der Waals surface area contributed by atoms with Crippen molar-refractivity contribution in [3.63, 3.8) is 0 Å². The molecule has 1 aliphatic rings. The van der Waals surface area contributed by atoms with Crippen LogP contribution in [0.25, 0.3) is 0 Å². The minimum absolute atomic E-state index is 0.235. The standard InChI is InChI=1S/C24H33N3O3S/c1-18-9-8-16-26(17-18)22-14-12-21(13-15-22)19(2)25-24(28)20(3)27(31(4,29)30)23-10-6-5-7-11-23/h5-7,10-15,18-20H,8-9,16-17H2,1-4H3,(H,25,28)/t18-,19-,20+/m1/s1. The van der Waals surface area contributed by atoms with Gasteiger partial charge in [-0.1, -0.05) is 37.3 Å². The molecule has 0 spiro atoms. The highest BCUT2D eigenvalue weighted by molar-refractivity contribution is 7.92. The minimum Gasteiger partial charge on any atom is -0.371 e. The fourth-order valence-electron chi connectivity index (χ4n) is 4.20. The zero-order valence-corrected chi connectivity index (χ0v) is 19.6. The van der Waals surface area contributed by atoms with Crippen molar-refractivity contribution in [2.45, 2.75) is 45.7 Å². The van der Waals surface area contributed by atoms with Gasteiger partial charge in [0.2, 0.25) is 15.9 Å². The number of benzene rings is 2. The first-order chi connectivity index (χ1) is 14.7. The number of amides is 1. The van der Waals surface area contributed by atoms with Gasteiger partial charge in [-0.3, -0.25) is 9.10 Å². The highest BCUT2D eigenvalue weighted by Gasteiger charge is 2.29. The van der Waals surface area contributed by atoms with E-state index in [9.17, 15) is 13.2 Å². The first kappa shape index (κ1) is 23.1. The summed E-state index contributed by atoms with van der Waals surface area (Å²) in [7, 11) is -3.62. The number of rotatable bonds is 7. The molecule has 1 heterocycles. The predicted octanol–water partition coefficient (Wildman–Crippen LogP) is 3.95. The molecule has 1 fully saturated rings. The molecule has 0 aliphatic carbocycles. The van der Waals surface area contributed by atoms with E-state index in [0.717, 1.165) is 29.2 Å². The zero-order valence-electron chi connectivity index (χ0n) is 18.8. The third-order valence-corrected chi connectivity index (χ3v) is 7.11. The molecule has 0 unspecified atom stereocenters. The van der Waals surface area contributed by atoms with Gasteiger partial charge in [0.05, 0.1) is 18.0 Å². The van der Waals surface area contributed by atoms with Crippen LogP contribution in [-0.4, -0.2) is 39.7 Å². The Labute approximate surface area is 186 Å². The summed E-state index contributed by atoms with van der Waals surface area (Å²) in [5.41, 5.74) is 2.66. The zero-order chi connectivity index (χ0) is 22.6. The van der Waals surface area contributed by atoms with E-state index in [4.69, 9.17) is 0 Å². The van der Waals surface area contributed by atoms with E-state index in [1.54, 1.807) is 31.2 Å². The van der Waals surface area contributed by atoms with E-state index in [-0.39, 0.29) is 11.9 Å². The number of carbonyl (C=O) groups excluding carboxylic acids is 1.